The molecule has 9 heteroatoms. The van der Waals surface area contributed by atoms with Crippen molar-refractivity contribution in [2.24, 2.45) is 0 Å². The molecule has 0 aliphatic carbocycles. The van der Waals surface area contributed by atoms with Gasteiger partial charge in [0.15, 0.2) is 5.65 Å². The van der Waals surface area contributed by atoms with Gasteiger partial charge in [0.05, 0.1) is 17.6 Å². The molecule has 1 amide bonds. The Morgan fingerprint density at radius 2 is 1.88 bits per heavy atom. The predicted molar refractivity (Wildman–Crippen MR) is 129 cm³/mol. The number of piperidine rings is 1. The van der Waals surface area contributed by atoms with Gasteiger partial charge in [-0.2, -0.15) is 4.98 Å². The summed E-state index contributed by atoms with van der Waals surface area (Å²) < 4.78 is 15.2. The van der Waals surface area contributed by atoms with Gasteiger partial charge in [-0.25, -0.2) is 13.9 Å². The third-order valence-corrected chi connectivity index (χ3v) is 6.01. The van der Waals surface area contributed by atoms with Gasteiger partial charge in [-0.3, -0.25) is 9.69 Å². The van der Waals surface area contributed by atoms with E-state index in [-0.39, 0.29) is 5.91 Å². The monoisotopic (exact) mass is 459 g/mol. The fourth-order valence-electron chi connectivity index (χ4n) is 4.13. The minimum absolute atomic E-state index is 0.239. The highest BCUT2D eigenvalue weighted by Crippen LogP contribution is 2.23. The van der Waals surface area contributed by atoms with E-state index in [1.54, 1.807) is 29.9 Å². The number of amides is 1. The molecule has 0 saturated carbocycles. The maximum Gasteiger partial charge on any atom is 0.269 e. The third-order valence-electron chi connectivity index (χ3n) is 6.01. The molecule has 1 aromatic carbocycles. The second kappa shape index (κ2) is 9.56. The van der Waals surface area contributed by atoms with Crippen molar-refractivity contribution in [2.75, 3.05) is 25.5 Å². The van der Waals surface area contributed by atoms with E-state index >= 15 is 0 Å². The highest BCUT2D eigenvalue weighted by molar-refractivity contribution is 5.92. The maximum absolute atomic E-state index is 13.4. The molecule has 0 bridgehead atoms. The number of halogens is 1. The lowest BCUT2D eigenvalue weighted by Crippen LogP contribution is -2.33. The molecule has 0 spiro atoms. The molecule has 34 heavy (non-hydrogen) atoms. The Bertz CT molecular complexity index is 1280. The summed E-state index contributed by atoms with van der Waals surface area (Å²) in [5.41, 5.74) is 4.91. The van der Waals surface area contributed by atoms with Gasteiger partial charge in [0.25, 0.3) is 5.91 Å². The van der Waals surface area contributed by atoms with E-state index in [9.17, 15) is 9.18 Å². The van der Waals surface area contributed by atoms with Crippen molar-refractivity contribution in [1.29, 1.82) is 0 Å². The molecule has 4 heterocycles. The van der Waals surface area contributed by atoms with Gasteiger partial charge >= 0.3 is 0 Å². The Hall–Kier alpha value is -3.85. The van der Waals surface area contributed by atoms with E-state index in [1.165, 1.54) is 5.56 Å². The number of nitrogens with zero attached hydrogens (tertiary/aromatic N) is 5. The van der Waals surface area contributed by atoms with Crippen LogP contribution < -0.4 is 10.6 Å². The van der Waals surface area contributed by atoms with E-state index < -0.39 is 6.17 Å². The molecule has 8 nitrogen and oxygen atoms in total. The number of nitrogens with one attached hydrogen (secondary N) is 2. The lowest BCUT2D eigenvalue weighted by Gasteiger charge is -2.28. The first kappa shape index (κ1) is 22.0. The average molecular weight is 460 g/mol. The number of hydrogen-bond donors (Lipinski definition) is 2. The van der Waals surface area contributed by atoms with Crippen LogP contribution >= 0.6 is 0 Å². The summed E-state index contributed by atoms with van der Waals surface area (Å²) in [7, 11) is 1.57. The first-order chi connectivity index (χ1) is 16.6. The predicted octanol–water partition coefficient (Wildman–Crippen LogP) is 3.83. The van der Waals surface area contributed by atoms with Crippen molar-refractivity contribution in [1.82, 2.24) is 29.8 Å². The van der Waals surface area contributed by atoms with Gasteiger partial charge in [-0.1, -0.05) is 30.3 Å². The Labute approximate surface area is 196 Å². The van der Waals surface area contributed by atoms with Crippen molar-refractivity contribution in [3.05, 3.63) is 72.1 Å². The number of benzene rings is 1. The van der Waals surface area contributed by atoms with Gasteiger partial charge in [0.1, 0.15) is 11.9 Å². The number of aromatic nitrogens is 4. The maximum atomic E-state index is 13.4. The van der Waals surface area contributed by atoms with Crippen LogP contribution in [0.4, 0.5) is 16.0 Å². The van der Waals surface area contributed by atoms with Gasteiger partial charge in [0, 0.05) is 32.2 Å². The van der Waals surface area contributed by atoms with E-state index in [2.05, 4.69) is 54.9 Å². The zero-order valence-electron chi connectivity index (χ0n) is 18.9. The zero-order chi connectivity index (χ0) is 23.5. The van der Waals surface area contributed by atoms with Crippen LogP contribution in [-0.4, -0.2) is 56.7 Å². The molecule has 174 valence electrons. The first-order valence-corrected chi connectivity index (χ1v) is 11.4. The SMILES string of the molecule is CNC(=O)c1ccc(Nc2nc3cccc(-c4ccc(CN5CCC(F)CC5)cc4)n3n2)cn1. The van der Waals surface area contributed by atoms with Crippen LogP contribution in [0.15, 0.2) is 60.8 Å². The van der Waals surface area contributed by atoms with Gasteiger partial charge < -0.3 is 10.6 Å². The summed E-state index contributed by atoms with van der Waals surface area (Å²) in [6, 6.07) is 17.7. The van der Waals surface area contributed by atoms with Crippen molar-refractivity contribution >= 4 is 23.2 Å². The van der Waals surface area contributed by atoms with Crippen LogP contribution in [0.2, 0.25) is 0 Å². The minimum Gasteiger partial charge on any atom is -0.354 e. The summed E-state index contributed by atoms with van der Waals surface area (Å²) in [6.07, 6.45) is 2.17. The van der Waals surface area contributed by atoms with Crippen LogP contribution in [0.5, 0.6) is 0 Å². The highest BCUT2D eigenvalue weighted by atomic mass is 19.1. The number of fused-ring (bicyclic) bond motifs is 1. The normalized spacial score (nSPS) is 14.9. The molecular weight excluding hydrogens is 433 g/mol. The molecule has 1 aliphatic rings. The van der Waals surface area contributed by atoms with Crippen molar-refractivity contribution in [3.8, 4) is 11.3 Å². The summed E-state index contributed by atoms with van der Waals surface area (Å²) in [6.45, 7) is 2.45. The van der Waals surface area contributed by atoms with Gasteiger partial charge in [0.2, 0.25) is 5.95 Å². The number of alkyl halides is 1. The molecule has 1 aliphatic heterocycles. The highest BCUT2D eigenvalue weighted by Gasteiger charge is 2.18. The average Bonchev–Trinajstić information content (AvgIpc) is 3.28. The van der Waals surface area contributed by atoms with Crippen LogP contribution in [0.3, 0.4) is 0 Å². The van der Waals surface area contributed by atoms with Crippen molar-refractivity contribution < 1.29 is 9.18 Å². The Morgan fingerprint density at radius 3 is 2.59 bits per heavy atom. The molecule has 1 saturated heterocycles. The van der Waals surface area contributed by atoms with Crippen molar-refractivity contribution in [2.45, 2.75) is 25.6 Å². The van der Waals surface area contributed by atoms with Crippen LogP contribution in [0, 0.1) is 0 Å². The molecule has 3 aromatic heterocycles. The fraction of sp³-hybridized carbons (Fsp3) is 0.280. The van der Waals surface area contributed by atoms with Crippen molar-refractivity contribution in [3.63, 3.8) is 0 Å². The number of hydrogen-bond acceptors (Lipinski definition) is 6. The molecule has 5 rings (SSSR count). The molecule has 4 aromatic rings. The summed E-state index contributed by atoms with van der Waals surface area (Å²) in [5.74, 6) is 0.201. The second-order valence-electron chi connectivity index (χ2n) is 8.40. The molecule has 0 atom stereocenters. The van der Waals surface area contributed by atoms with Crippen LogP contribution in [-0.2, 0) is 6.54 Å². The third kappa shape index (κ3) is 4.74. The number of anilines is 2. The summed E-state index contributed by atoms with van der Waals surface area (Å²) in [4.78, 5) is 22.7. The minimum atomic E-state index is -0.653. The summed E-state index contributed by atoms with van der Waals surface area (Å²) >= 11 is 0. The quantitative estimate of drug-likeness (QED) is 0.456. The van der Waals surface area contributed by atoms with E-state index in [0.717, 1.165) is 30.9 Å². The second-order valence-corrected chi connectivity index (χ2v) is 8.40. The molecular formula is C25H26FN7O. The van der Waals surface area contributed by atoms with E-state index in [4.69, 9.17) is 0 Å². The number of carbonyl (C=O) groups is 1. The van der Waals surface area contributed by atoms with Crippen LogP contribution in [0.25, 0.3) is 16.9 Å². The molecule has 0 unspecified atom stereocenters. The van der Waals surface area contributed by atoms with E-state index in [0.29, 0.717) is 35.8 Å². The number of likely N-dealkylation sites (tertiary alicyclic amines) is 1. The molecule has 0 radical (unpaired) electrons. The Kier molecular flexibility index (Phi) is 6.18. The molecule has 2 N–H and O–H groups in total. The number of carbonyl (C=O) groups excluding carboxylic acids is 1. The molecule has 1 fully saturated rings. The van der Waals surface area contributed by atoms with Gasteiger partial charge in [-0.15, -0.1) is 5.10 Å². The summed E-state index contributed by atoms with van der Waals surface area (Å²) in [5, 5.41) is 10.3. The van der Waals surface area contributed by atoms with Crippen LogP contribution in [0.1, 0.15) is 28.9 Å². The zero-order valence-corrected chi connectivity index (χ0v) is 18.9. The van der Waals surface area contributed by atoms with E-state index in [1.807, 2.05) is 18.2 Å². The topological polar surface area (TPSA) is 87.5 Å². The largest absolute Gasteiger partial charge is 0.354 e. The number of pyridine rings is 2. The lowest BCUT2D eigenvalue weighted by atomic mass is 10.1. The fourth-order valence-corrected chi connectivity index (χ4v) is 4.13. The lowest BCUT2D eigenvalue weighted by molar-refractivity contribution is 0.0958. The number of rotatable bonds is 6. The Morgan fingerprint density at radius 1 is 1.09 bits per heavy atom. The standard InChI is InChI=1S/C25H26FN7O/c1-27-24(34)21-10-9-20(15-28-21)29-25-30-23-4-2-3-22(33(23)31-25)18-7-5-17(6-8-18)16-32-13-11-19(26)12-14-32/h2-10,15,19H,11-14,16H2,1H3,(H,27,34)(H,29,31). The van der Waals surface area contributed by atoms with Gasteiger partial charge in [-0.05, 0) is 42.7 Å². The first-order valence-electron chi connectivity index (χ1n) is 11.4. The smallest absolute Gasteiger partial charge is 0.269 e. The Balaban J connectivity index is 1.33.